The van der Waals surface area contributed by atoms with Crippen LogP contribution < -0.4 is 69.3 Å². The van der Waals surface area contributed by atoms with E-state index in [0.29, 0.717) is 6.07 Å². The topological polar surface area (TPSA) is 167 Å². The molecule has 14 heteroatoms. The van der Waals surface area contributed by atoms with Crippen LogP contribution in [0.3, 0.4) is 0 Å². The number of carbonyl (C=O) groups excluding carboxylic acids is 1. The second kappa shape index (κ2) is 9.53. The Balaban J connectivity index is 0.00000288. The van der Waals surface area contributed by atoms with Crippen molar-refractivity contribution in [1.29, 1.82) is 0 Å². The first-order chi connectivity index (χ1) is 10.6. The van der Waals surface area contributed by atoms with Crippen molar-refractivity contribution in [2.24, 2.45) is 20.4 Å². The van der Waals surface area contributed by atoms with E-state index in [9.17, 15) is 23.4 Å². The van der Waals surface area contributed by atoms with E-state index < -0.39 is 49.2 Å². The summed E-state index contributed by atoms with van der Waals surface area (Å²) in [6.45, 7) is 1.45. The van der Waals surface area contributed by atoms with Gasteiger partial charge in [-0.3, -0.25) is 4.55 Å². The van der Waals surface area contributed by atoms with Crippen LogP contribution in [0.4, 0.5) is 5.69 Å². The van der Waals surface area contributed by atoms with Crippen LogP contribution in [0, 0.1) is 0 Å². The van der Waals surface area contributed by atoms with E-state index in [0.717, 1.165) is 6.07 Å². The van der Waals surface area contributed by atoms with Gasteiger partial charge in [-0.05, 0) is 19.1 Å². The first-order valence-corrected chi connectivity index (χ1v) is 7.65. The van der Waals surface area contributed by atoms with Crippen LogP contribution in [-0.2, 0) is 10.1 Å². The number of hydrogen-bond donors (Lipinski definition) is 1. The monoisotopic (exact) mass is 404 g/mol. The molecule has 0 saturated carbocycles. The number of carbonyl (C=O) groups is 1. The summed E-state index contributed by atoms with van der Waals surface area (Å²) in [7, 11) is -4.76. The molecule has 1 unspecified atom stereocenters. The van der Waals surface area contributed by atoms with Gasteiger partial charge in [-0.1, -0.05) is 11.6 Å². The summed E-state index contributed by atoms with van der Waals surface area (Å²) >= 11 is 5.62. The maximum absolute atomic E-state index is 11.4. The third-order valence-electron chi connectivity index (χ3n) is 2.76. The van der Waals surface area contributed by atoms with Crippen molar-refractivity contribution >= 4 is 45.0 Å². The van der Waals surface area contributed by atoms with Gasteiger partial charge in [-0.15, -0.1) is 0 Å². The van der Waals surface area contributed by atoms with Gasteiger partial charge < -0.3 is 15.0 Å². The molecule has 1 aromatic rings. The summed E-state index contributed by atoms with van der Waals surface area (Å²) in [6.07, 6.45) is 0. The van der Waals surface area contributed by atoms with Crippen LogP contribution >= 0.6 is 11.6 Å². The van der Waals surface area contributed by atoms with Gasteiger partial charge in [0.1, 0.15) is 16.6 Å². The van der Waals surface area contributed by atoms with Crippen molar-refractivity contribution in [3.05, 3.63) is 22.7 Å². The van der Waals surface area contributed by atoms with Gasteiger partial charge in [0.25, 0.3) is 10.1 Å². The zero-order valence-electron chi connectivity index (χ0n) is 13.3. The van der Waals surface area contributed by atoms with Crippen LogP contribution in [0.2, 0.25) is 5.02 Å². The van der Waals surface area contributed by atoms with E-state index >= 15 is 0 Å². The molecule has 0 saturated heterocycles. The number of hydrogen-bond acceptors (Lipinski definition) is 9. The molecule has 1 aliphatic rings. The molecule has 1 heterocycles. The van der Waals surface area contributed by atoms with Gasteiger partial charge in [0.2, 0.25) is 0 Å². The fourth-order valence-electron chi connectivity index (χ4n) is 1.65. The number of benzene rings is 1. The molecule has 0 spiro atoms. The molecule has 0 bridgehead atoms. The summed E-state index contributed by atoms with van der Waals surface area (Å²) in [5, 5.41) is 35.7. The van der Waals surface area contributed by atoms with Crippen LogP contribution in [-0.4, -0.2) is 36.6 Å². The minimum atomic E-state index is -4.76. The molecule has 0 aromatic heterocycles. The molecular formula is C11H7ClN4Na2O6S. The Morgan fingerprint density at radius 2 is 1.92 bits per heavy atom. The Morgan fingerprint density at radius 1 is 1.32 bits per heavy atom. The number of rotatable bonds is 4. The third kappa shape index (κ3) is 5.81. The van der Waals surface area contributed by atoms with Crippen LogP contribution in [0.1, 0.15) is 17.3 Å². The molecule has 0 aliphatic carbocycles. The zero-order chi connectivity index (χ0) is 17.4. The summed E-state index contributed by atoms with van der Waals surface area (Å²) in [6, 6.07) is 0.303. The second-order valence-electron chi connectivity index (χ2n) is 4.36. The number of aromatic carboxylic acids is 1. The largest absolute Gasteiger partial charge is 1.00 e. The fourth-order valence-corrected chi connectivity index (χ4v) is 2.59. The first kappa shape index (κ1) is 24.6. The number of azo groups is 1. The maximum Gasteiger partial charge on any atom is 1.00 e. The molecule has 0 amide bonds. The molecule has 1 N–H and O–H groups in total. The average molecular weight is 405 g/mol. The Hall–Kier alpha value is -0.370. The fraction of sp³-hybridized carbons (Fsp3) is 0.182. The molecule has 10 nitrogen and oxygen atoms in total. The van der Waals surface area contributed by atoms with Crippen LogP contribution in [0.25, 0.3) is 0 Å². The van der Waals surface area contributed by atoms with Crippen LogP contribution in [0.15, 0.2) is 37.5 Å². The minimum absolute atomic E-state index is 0. The van der Waals surface area contributed by atoms with Gasteiger partial charge in [0.05, 0.1) is 16.7 Å². The van der Waals surface area contributed by atoms with E-state index in [1.807, 2.05) is 0 Å². The smallest absolute Gasteiger partial charge is 0.859 e. The standard InChI is InChI=1S/C11H9ClN4O6S.2Na/c1-4-9(10(17)16-13-4)15-14-7-2-5(11(18)19)6(12)3-8(7)23(20,21)22;;/h2-3,9H,1H3,(H,16,17)(H,18,19)(H,20,21,22);;/q;2*+1/p-2. The number of carboxylic acid groups (broad SMARTS) is 1. The predicted molar refractivity (Wildman–Crippen MR) is 74.4 cm³/mol. The molecule has 122 valence electrons. The Bertz CT molecular complexity index is 869. The van der Waals surface area contributed by atoms with Gasteiger partial charge >= 0.3 is 59.1 Å². The number of carboxylic acids is 1. The van der Waals surface area contributed by atoms with Crippen LogP contribution in [0.5, 0.6) is 0 Å². The van der Waals surface area contributed by atoms with Crippen molar-refractivity contribution in [3.63, 3.8) is 0 Å². The van der Waals surface area contributed by atoms with E-state index in [2.05, 4.69) is 20.4 Å². The minimum Gasteiger partial charge on any atom is -0.859 e. The molecule has 0 fully saturated rings. The Labute approximate surface area is 191 Å². The van der Waals surface area contributed by atoms with Crippen molar-refractivity contribution in [2.75, 3.05) is 0 Å². The molecule has 1 atom stereocenters. The second-order valence-corrected chi connectivity index (χ2v) is 6.16. The third-order valence-corrected chi connectivity index (χ3v) is 3.96. The quantitative estimate of drug-likeness (QED) is 0.297. The van der Waals surface area contributed by atoms with E-state index in [1.165, 1.54) is 6.92 Å². The number of halogens is 1. The summed E-state index contributed by atoms with van der Waals surface area (Å²) in [5.74, 6) is -2.40. The predicted octanol–water partition coefficient (Wildman–Crippen LogP) is -6.44. The normalized spacial score (nSPS) is 16.7. The van der Waals surface area contributed by atoms with Crippen molar-refractivity contribution in [1.82, 2.24) is 0 Å². The van der Waals surface area contributed by atoms with Gasteiger partial charge in [0.15, 0.2) is 0 Å². The molecular weight excluding hydrogens is 398 g/mol. The molecule has 1 aromatic carbocycles. The van der Waals surface area contributed by atoms with Gasteiger partial charge in [-0.25, -0.2) is 0 Å². The average Bonchev–Trinajstić information content (AvgIpc) is 2.75. The molecule has 2 rings (SSSR count). The van der Waals surface area contributed by atoms with Gasteiger partial charge in [-0.2, -0.15) is 28.8 Å². The summed E-state index contributed by atoms with van der Waals surface area (Å²) < 4.78 is 31.8. The first-order valence-electron chi connectivity index (χ1n) is 5.83. The molecule has 1 aliphatic heterocycles. The van der Waals surface area contributed by atoms with E-state index in [-0.39, 0.29) is 64.8 Å². The summed E-state index contributed by atoms with van der Waals surface area (Å²) in [4.78, 5) is 10.2. The van der Waals surface area contributed by atoms with Crippen molar-refractivity contribution in [3.8, 4) is 0 Å². The van der Waals surface area contributed by atoms with E-state index in [4.69, 9.17) is 16.2 Å². The summed E-state index contributed by atoms with van der Waals surface area (Å²) in [5.41, 5.74) is -0.856. The molecule has 0 radical (unpaired) electrons. The van der Waals surface area contributed by atoms with Gasteiger partial charge in [0, 0.05) is 11.5 Å². The van der Waals surface area contributed by atoms with E-state index in [1.54, 1.807) is 0 Å². The molecule has 25 heavy (non-hydrogen) atoms. The Kier molecular flexibility index (Phi) is 9.39. The Morgan fingerprint density at radius 3 is 2.36 bits per heavy atom. The van der Waals surface area contributed by atoms with Crippen molar-refractivity contribution in [2.45, 2.75) is 17.9 Å². The SMILES string of the molecule is CC1=NN=C([O-])C1N=Nc1cc(C(=O)[O-])c(Cl)cc1S(=O)(=O)O.[Na+].[Na+]. The van der Waals surface area contributed by atoms with Crippen molar-refractivity contribution < 1.29 is 87.1 Å². The maximum atomic E-state index is 11.4. The number of nitrogens with zero attached hydrogens (tertiary/aromatic N) is 4. The zero-order valence-corrected chi connectivity index (χ0v) is 18.9.